The zero-order valence-electron chi connectivity index (χ0n) is 15.5. The summed E-state index contributed by atoms with van der Waals surface area (Å²) in [5.41, 5.74) is 0.998. The van der Waals surface area contributed by atoms with Gasteiger partial charge in [-0.25, -0.2) is 27.5 Å². The molecule has 30 heavy (non-hydrogen) atoms. The second-order valence-corrected chi connectivity index (χ2v) is 6.31. The van der Waals surface area contributed by atoms with Crippen molar-refractivity contribution in [3.8, 4) is 29.0 Å². The van der Waals surface area contributed by atoms with Crippen LogP contribution in [0, 0.1) is 35.1 Å². The van der Waals surface area contributed by atoms with Crippen LogP contribution in [0.4, 0.5) is 17.6 Å². The predicted octanol–water partition coefficient (Wildman–Crippen LogP) is 5.26. The topological polar surface area (TPSA) is 35.0 Å². The first kappa shape index (κ1) is 19.4. The number of aromatic nitrogens is 2. The average Bonchev–Trinajstić information content (AvgIpc) is 2.76. The van der Waals surface area contributed by atoms with E-state index in [9.17, 15) is 17.6 Å². The summed E-state index contributed by atoms with van der Waals surface area (Å²) in [5, 5.41) is 0.0974. The number of rotatable bonds is 2. The molecule has 4 rings (SSSR count). The van der Waals surface area contributed by atoms with Gasteiger partial charge in [0.25, 0.3) is 0 Å². The van der Waals surface area contributed by atoms with Crippen molar-refractivity contribution in [1.82, 2.24) is 9.97 Å². The summed E-state index contributed by atoms with van der Waals surface area (Å²) in [6.45, 7) is 0. The second kappa shape index (κ2) is 7.84. The highest BCUT2D eigenvalue weighted by atomic mass is 19.2. The van der Waals surface area contributed by atoms with E-state index in [0.717, 1.165) is 6.07 Å². The molecule has 148 valence electrons. The quantitative estimate of drug-likeness (QED) is 0.258. The fraction of sp³-hybridized carbons (Fsp3) is 0.0435. The third-order valence-corrected chi connectivity index (χ3v) is 4.41. The van der Waals surface area contributed by atoms with Crippen LogP contribution in [0.3, 0.4) is 0 Å². The minimum absolute atomic E-state index is 0.0607. The summed E-state index contributed by atoms with van der Waals surface area (Å²) < 4.78 is 60.0. The number of hydrogen-bond acceptors (Lipinski definition) is 3. The monoisotopic (exact) mass is 408 g/mol. The molecule has 0 saturated carbocycles. The van der Waals surface area contributed by atoms with E-state index in [0.29, 0.717) is 22.7 Å². The Labute approximate surface area is 169 Å². The zero-order chi connectivity index (χ0) is 21.3. The minimum Gasteiger partial charge on any atom is -0.494 e. The highest BCUT2D eigenvalue weighted by molar-refractivity contribution is 5.84. The Morgan fingerprint density at radius 1 is 0.800 bits per heavy atom. The van der Waals surface area contributed by atoms with E-state index in [1.807, 2.05) is 0 Å². The van der Waals surface area contributed by atoms with Gasteiger partial charge in [0.2, 0.25) is 0 Å². The SMILES string of the molecule is COc1cnc(-c2ccc(C#Cc3ccc4c(F)c(F)c(F)cc4c3)c(F)c2)nc1. The lowest BCUT2D eigenvalue weighted by molar-refractivity contribution is 0.411. The van der Waals surface area contributed by atoms with Gasteiger partial charge in [-0.2, -0.15) is 0 Å². The summed E-state index contributed by atoms with van der Waals surface area (Å²) in [4.78, 5) is 8.21. The van der Waals surface area contributed by atoms with Crippen molar-refractivity contribution in [2.75, 3.05) is 7.11 Å². The number of hydrogen-bond donors (Lipinski definition) is 0. The molecule has 0 atom stereocenters. The van der Waals surface area contributed by atoms with Crippen LogP contribution in [-0.4, -0.2) is 17.1 Å². The van der Waals surface area contributed by atoms with E-state index in [1.54, 1.807) is 6.07 Å². The molecule has 0 aliphatic carbocycles. The molecule has 1 heterocycles. The van der Waals surface area contributed by atoms with Gasteiger partial charge < -0.3 is 4.74 Å². The van der Waals surface area contributed by atoms with Crippen molar-refractivity contribution in [2.24, 2.45) is 0 Å². The van der Waals surface area contributed by atoms with Gasteiger partial charge in [0.05, 0.1) is 25.1 Å². The van der Waals surface area contributed by atoms with E-state index in [2.05, 4.69) is 21.8 Å². The van der Waals surface area contributed by atoms with E-state index in [-0.39, 0.29) is 16.3 Å². The molecule has 0 fully saturated rings. The van der Waals surface area contributed by atoms with Crippen molar-refractivity contribution >= 4 is 10.8 Å². The predicted molar refractivity (Wildman–Crippen MR) is 104 cm³/mol. The average molecular weight is 408 g/mol. The highest BCUT2D eigenvalue weighted by Crippen LogP contribution is 2.24. The van der Waals surface area contributed by atoms with Crippen LogP contribution in [0.2, 0.25) is 0 Å². The summed E-state index contributed by atoms with van der Waals surface area (Å²) in [7, 11) is 1.49. The Morgan fingerprint density at radius 2 is 1.57 bits per heavy atom. The molecule has 0 spiro atoms. The van der Waals surface area contributed by atoms with E-state index in [4.69, 9.17) is 4.74 Å². The summed E-state index contributed by atoms with van der Waals surface area (Å²) in [6.07, 6.45) is 2.95. The maximum Gasteiger partial charge on any atom is 0.195 e. The fourth-order valence-corrected chi connectivity index (χ4v) is 2.85. The smallest absolute Gasteiger partial charge is 0.195 e. The Morgan fingerprint density at radius 3 is 2.27 bits per heavy atom. The van der Waals surface area contributed by atoms with Gasteiger partial charge in [0, 0.05) is 16.5 Å². The fourth-order valence-electron chi connectivity index (χ4n) is 2.85. The number of ether oxygens (including phenoxy) is 1. The van der Waals surface area contributed by atoms with Gasteiger partial charge in [0.1, 0.15) is 5.82 Å². The van der Waals surface area contributed by atoms with E-state index in [1.165, 1.54) is 49.8 Å². The summed E-state index contributed by atoms with van der Waals surface area (Å²) >= 11 is 0. The largest absolute Gasteiger partial charge is 0.494 e. The van der Waals surface area contributed by atoms with Crippen molar-refractivity contribution in [3.63, 3.8) is 0 Å². The van der Waals surface area contributed by atoms with Crippen LogP contribution in [-0.2, 0) is 0 Å². The number of methoxy groups -OCH3 is 1. The molecule has 0 bridgehead atoms. The number of benzene rings is 3. The van der Waals surface area contributed by atoms with Crippen LogP contribution in [0.15, 0.2) is 54.9 Å². The standard InChI is InChI=1S/C23H12F4N2O/c1-30-17-11-28-23(29-12-17)15-6-5-14(19(24)9-15)4-2-13-3-7-18-16(8-13)10-20(25)22(27)21(18)26/h3,5-12H,1H3. The van der Waals surface area contributed by atoms with Crippen LogP contribution < -0.4 is 4.74 Å². The Bertz CT molecular complexity index is 1330. The minimum atomic E-state index is -1.52. The first-order valence-corrected chi connectivity index (χ1v) is 8.71. The van der Waals surface area contributed by atoms with Gasteiger partial charge in [-0.3, -0.25) is 0 Å². The molecule has 0 N–H and O–H groups in total. The first-order chi connectivity index (χ1) is 14.5. The lowest BCUT2D eigenvalue weighted by atomic mass is 10.1. The van der Waals surface area contributed by atoms with Crippen molar-refractivity contribution < 1.29 is 22.3 Å². The Balaban J connectivity index is 1.64. The Hall–Kier alpha value is -3.92. The third-order valence-electron chi connectivity index (χ3n) is 4.41. The molecular formula is C23H12F4N2O. The van der Waals surface area contributed by atoms with Gasteiger partial charge >= 0.3 is 0 Å². The van der Waals surface area contributed by atoms with Crippen LogP contribution in [0.5, 0.6) is 5.75 Å². The van der Waals surface area contributed by atoms with E-state index >= 15 is 0 Å². The first-order valence-electron chi connectivity index (χ1n) is 8.71. The van der Waals surface area contributed by atoms with Gasteiger partial charge in [-0.1, -0.05) is 17.9 Å². The van der Waals surface area contributed by atoms with Crippen molar-refractivity contribution in [2.45, 2.75) is 0 Å². The van der Waals surface area contributed by atoms with Gasteiger partial charge in [0.15, 0.2) is 29.0 Å². The molecule has 7 heteroatoms. The molecule has 0 unspecified atom stereocenters. The molecule has 3 aromatic carbocycles. The molecule has 4 aromatic rings. The zero-order valence-corrected chi connectivity index (χ0v) is 15.5. The second-order valence-electron chi connectivity index (χ2n) is 6.31. The molecule has 0 aliphatic rings. The molecular weight excluding hydrogens is 396 g/mol. The van der Waals surface area contributed by atoms with Crippen LogP contribution >= 0.6 is 0 Å². The van der Waals surface area contributed by atoms with E-state index < -0.39 is 23.3 Å². The van der Waals surface area contributed by atoms with Gasteiger partial charge in [-0.05, 0) is 41.8 Å². The summed E-state index contributed by atoms with van der Waals surface area (Å²) in [5.74, 6) is 1.61. The number of fused-ring (bicyclic) bond motifs is 1. The van der Waals surface area contributed by atoms with Crippen molar-refractivity contribution in [3.05, 3.63) is 89.3 Å². The molecule has 3 nitrogen and oxygen atoms in total. The van der Waals surface area contributed by atoms with Gasteiger partial charge in [-0.15, -0.1) is 0 Å². The molecule has 0 radical (unpaired) electrons. The Kier molecular flexibility index (Phi) is 5.07. The van der Waals surface area contributed by atoms with Crippen LogP contribution in [0.25, 0.3) is 22.2 Å². The number of halogens is 4. The number of nitrogens with zero attached hydrogens (tertiary/aromatic N) is 2. The maximum absolute atomic E-state index is 14.5. The maximum atomic E-state index is 14.5. The normalized spacial score (nSPS) is 10.6. The molecule has 0 aliphatic heterocycles. The van der Waals surface area contributed by atoms with Crippen LogP contribution in [0.1, 0.15) is 11.1 Å². The highest BCUT2D eigenvalue weighted by Gasteiger charge is 2.13. The summed E-state index contributed by atoms with van der Waals surface area (Å²) in [6, 6.07) is 9.43. The molecule has 0 saturated heterocycles. The lowest BCUT2D eigenvalue weighted by Gasteiger charge is -2.03. The molecule has 1 aromatic heterocycles. The molecule has 0 amide bonds. The third kappa shape index (κ3) is 3.67. The van der Waals surface area contributed by atoms with Crippen molar-refractivity contribution in [1.29, 1.82) is 0 Å². The lowest BCUT2D eigenvalue weighted by Crippen LogP contribution is -1.93.